The first-order valence-electron chi connectivity index (χ1n) is 5.13. The van der Waals surface area contributed by atoms with E-state index in [1.165, 1.54) is 6.92 Å². The monoisotopic (exact) mass is 300 g/mol. The van der Waals surface area contributed by atoms with Crippen molar-refractivity contribution >= 4 is 27.9 Å². The summed E-state index contributed by atoms with van der Waals surface area (Å²) in [6.07, 6.45) is 0. The fraction of sp³-hybridized carbons (Fsp3) is 0.333. The Labute approximate surface area is 108 Å². The molecule has 5 heteroatoms. The first-order valence-corrected chi connectivity index (χ1v) is 6.25. The third kappa shape index (κ3) is 3.56. The molecule has 0 bridgehead atoms. The van der Waals surface area contributed by atoms with E-state index in [1.54, 1.807) is 25.1 Å². The number of hydrogen-bond donors (Lipinski definition) is 0. The van der Waals surface area contributed by atoms with Gasteiger partial charge in [-0.3, -0.25) is 4.79 Å². The molecule has 0 N–H and O–H groups in total. The van der Waals surface area contributed by atoms with Crippen LogP contribution in [0.25, 0.3) is 0 Å². The molecule has 0 spiro atoms. The zero-order valence-electron chi connectivity index (χ0n) is 9.66. The normalized spacial score (nSPS) is 9.82. The van der Waals surface area contributed by atoms with Gasteiger partial charge in [-0.1, -0.05) is 28.1 Å². The van der Waals surface area contributed by atoms with Gasteiger partial charge in [0.15, 0.2) is 0 Å². The van der Waals surface area contributed by atoms with E-state index in [1.807, 2.05) is 0 Å². The first-order chi connectivity index (χ1) is 8.10. The molecule has 0 heterocycles. The van der Waals surface area contributed by atoms with E-state index < -0.39 is 11.9 Å². The van der Waals surface area contributed by atoms with Crippen molar-refractivity contribution in [3.8, 4) is 5.75 Å². The van der Waals surface area contributed by atoms with Gasteiger partial charge in [-0.2, -0.15) is 0 Å². The van der Waals surface area contributed by atoms with E-state index in [4.69, 9.17) is 9.47 Å². The van der Waals surface area contributed by atoms with Crippen molar-refractivity contribution in [1.82, 2.24) is 0 Å². The van der Waals surface area contributed by atoms with Crippen LogP contribution in [0.2, 0.25) is 0 Å². The predicted molar refractivity (Wildman–Crippen MR) is 66.3 cm³/mol. The second-order valence-corrected chi connectivity index (χ2v) is 3.80. The fourth-order valence-electron chi connectivity index (χ4n) is 1.32. The Morgan fingerprint density at radius 3 is 2.59 bits per heavy atom. The topological polar surface area (TPSA) is 52.6 Å². The Hall–Kier alpha value is -1.36. The standard InChI is InChI=1S/C12H13BrO4/c1-3-16-12(15)10-6-4-5-9(7-13)11(10)17-8(2)14/h4-6H,3,7H2,1-2H3. The molecule has 0 saturated heterocycles. The average molecular weight is 301 g/mol. The van der Waals surface area contributed by atoms with Gasteiger partial charge >= 0.3 is 11.9 Å². The number of alkyl halides is 1. The predicted octanol–water partition coefficient (Wildman–Crippen LogP) is 2.68. The smallest absolute Gasteiger partial charge is 0.341 e. The van der Waals surface area contributed by atoms with Crippen LogP contribution in [-0.2, 0) is 14.9 Å². The number of hydrogen-bond acceptors (Lipinski definition) is 4. The Morgan fingerprint density at radius 2 is 2.06 bits per heavy atom. The lowest BCUT2D eigenvalue weighted by molar-refractivity contribution is -0.131. The van der Waals surface area contributed by atoms with Gasteiger partial charge in [0.25, 0.3) is 0 Å². The van der Waals surface area contributed by atoms with Crippen LogP contribution < -0.4 is 4.74 Å². The Bertz CT molecular complexity index is 429. The molecule has 0 atom stereocenters. The van der Waals surface area contributed by atoms with Gasteiger partial charge in [-0.05, 0) is 13.0 Å². The Kier molecular flexibility index (Phi) is 5.15. The molecule has 0 aliphatic heterocycles. The summed E-state index contributed by atoms with van der Waals surface area (Å²) in [6.45, 7) is 3.29. The third-order valence-corrected chi connectivity index (χ3v) is 2.59. The van der Waals surface area contributed by atoms with Crippen LogP contribution in [0.1, 0.15) is 29.8 Å². The summed E-state index contributed by atoms with van der Waals surface area (Å²) in [5.74, 6) is -0.703. The van der Waals surface area contributed by atoms with Crippen LogP contribution in [0, 0.1) is 0 Å². The maximum Gasteiger partial charge on any atom is 0.341 e. The van der Waals surface area contributed by atoms with E-state index in [9.17, 15) is 9.59 Å². The summed E-state index contributed by atoms with van der Waals surface area (Å²) >= 11 is 3.28. The zero-order chi connectivity index (χ0) is 12.8. The minimum atomic E-state index is -0.494. The summed E-state index contributed by atoms with van der Waals surface area (Å²) in [6, 6.07) is 5.06. The number of para-hydroxylation sites is 1. The van der Waals surface area contributed by atoms with Crippen LogP contribution in [0.15, 0.2) is 18.2 Å². The van der Waals surface area contributed by atoms with E-state index in [0.717, 1.165) is 5.56 Å². The number of benzene rings is 1. The number of carbonyl (C=O) groups is 2. The molecule has 0 unspecified atom stereocenters. The SMILES string of the molecule is CCOC(=O)c1cccc(CBr)c1OC(C)=O. The fourth-order valence-corrected chi connectivity index (χ4v) is 1.77. The molecule has 0 aliphatic carbocycles. The molecule has 0 saturated carbocycles. The molecule has 1 aromatic carbocycles. The Balaban J connectivity index is 3.18. The van der Waals surface area contributed by atoms with Gasteiger partial charge in [0.1, 0.15) is 11.3 Å². The molecule has 92 valence electrons. The summed E-state index contributed by atoms with van der Waals surface area (Å²) in [4.78, 5) is 22.7. The summed E-state index contributed by atoms with van der Waals surface area (Å²) in [5, 5.41) is 0.489. The number of rotatable bonds is 4. The molecule has 0 aromatic heterocycles. The van der Waals surface area contributed by atoms with Gasteiger partial charge in [-0.25, -0.2) is 4.79 Å². The maximum atomic E-state index is 11.7. The lowest BCUT2D eigenvalue weighted by Crippen LogP contribution is -2.11. The van der Waals surface area contributed by atoms with E-state index in [2.05, 4.69) is 15.9 Å². The molecule has 0 radical (unpaired) electrons. The van der Waals surface area contributed by atoms with Crippen molar-refractivity contribution in [1.29, 1.82) is 0 Å². The second kappa shape index (κ2) is 6.39. The van der Waals surface area contributed by atoms with Gasteiger partial charge in [0.05, 0.1) is 6.61 Å². The molecule has 0 fully saturated rings. The average Bonchev–Trinajstić information content (AvgIpc) is 2.28. The lowest BCUT2D eigenvalue weighted by atomic mass is 10.1. The third-order valence-electron chi connectivity index (χ3n) is 1.98. The first kappa shape index (κ1) is 13.7. The minimum absolute atomic E-state index is 0.260. The van der Waals surface area contributed by atoms with Gasteiger partial charge in [-0.15, -0.1) is 0 Å². The van der Waals surface area contributed by atoms with Crippen molar-refractivity contribution in [2.45, 2.75) is 19.2 Å². The van der Waals surface area contributed by atoms with Crippen LogP contribution in [0.5, 0.6) is 5.75 Å². The number of halogens is 1. The molecular formula is C12H13BrO4. The summed E-state index contributed by atoms with van der Waals surface area (Å²) < 4.78 is 9.97. The maximum absolute atomic E-state index is 11.7. The van der Waals surface area contributed by atoms with Crippen LogP contribution in [-0.4, -0.2) is 18.5 Å². The quantitative estimate of drug-likeness (QED) is 0.487. The Morgan fingerprint density at radius 1 is 1.35 bits per heavy atom. The van der Waals surface area contributed by atoms with E-state index in [0.29, 0.717) is 5.33 Å². The van der Waals surface area contributed by atoms with Gasteiger partial charge in [0, 0.05) is 17.8 Å². The van der Waals surface area contributed by atoms with Crippen LogP contribution >= 0.6 is 15.9 Å². The second-order valence-electron chi connectivity index (χ2n) is 3.24. The number of ether oxygens (including phenoxy) is 2. The highest BCUT2D eigenvalue weighted by Crippen LogP contribution is 2.27. The molecule has 1 rings (SSSR count). The van der Waals surface area contributed by atoms with Crippen molar-refractivity contribution in [2.24, 2.45) is 0 Å². The van der Waals surface area contributed by atoms with Crippen molar-refractivity contribution in [3.63, 3.8) is 0 Å². The van der Waals surface area contributed by atoms with Crippen molar-refractivity contribution < 1.29 is 19.1 Å². The summed E-state index contributed by atoms with van der Waals surface area (Å²) in [7, 11) is 0. The van der Waals surface area contributed by atoms with E-state index in [-0.39, 0.29) is 17.9 Å². The molecule has 0 aliphatic rings. The molecule has 17 heavy (non-hydrogen) atoms. The molecule has 4 nitrogen and oxygen atoms in total. The van der Waals surface area contributed by atoms with Gasteiger partial charge in [0.2, 0.25) is 0 Å². The zero-order valence-corrected chi connectivity index (χ0v) is 11.2. The highest BCUT2D eigenvalue weighted by atomic mass is 79.9. The van der Waals surface area contributed by atoms with Crippen molar-refractivity contribution in [2.75, 3.05) is 6.61 Å². The van der Waals surface area contributed by atoms with Crippen LogP contribution in [0.3, 0.4) is 0 Å². The van der Waals surface area contributed by atoms with Gasteiger partial charge < -0.3 is 9.47 Å². The lowest BCUT2D eigenvalue weighted by Gasteiger charge is -2.11. The number of esters is 2. The summed E-state index contributed by atoms with van der Waals surface area (Å²) in [5.41, 5.74) is 0.991. The molecular weight excluding hydrogens is 288 g/mol. The van der Waals surface area contributed by atoms with Crippen molar-refractivity contribution in [3.05, 3.63) is 29.3 Å². The number of carbonyl (C=O) groups excluding carboxylic acids is 2. The highest BCUT2D eigenvalue weighted by Gasteiger charge is 2.18. The molecule has 0 amide bonds. The molecule has 1 aromatic rings. The minimum Gasteiger partial charge on any atom is -0.462 e. The highest BCUT2D eigenvalue weighted by molar-refractivity contribution is 9.08. The van der Waals surface area contributed by atoms with E-state index >= 15 is 0 Å². The largest absolute Gasteiger partial charge is 0.462 e. The van der Waals surface area contributed by atoms with Crippen LogP contribution in [0.4, 0.5) is 0 Å².